The Balaban J connectivity index is 0.934. The minimum Gasteiger partial charge on any atom is -0.311 e. The average Bonchev–Trinajstić information content (AvgIpc) is 3.66. The van der Waals surface area contributed by atoms with Crippen LogP contribution in [0.2, 0.25) is 0 Å². The highest BCUT2D eigenvalue weighted by molar-refractivity contribution is 5.83. The Morgan fingerprint density at radius 2 is 0.508 bits per heavy atom. The number of nitrogens with zero attached hydrogens (tertiary/aromatic N) is 2. The van der Waals surface area contributed by atoms with Crippen molar-refractivity contribution in [3.63, 3.8) is 0 Å². The number of allylic oxidation sites excluding steroid dienone is 6. The molecule has 300 valence electrons. The lowest BCUT2D eigenvalue weighted by molar-refractivity contribution is 1.28. The van der Waals surface area contributed by atoms with E-state index in [2.05, 4.69) is 277 Å². The van der Waals surface area contributed by atoms with Crippen LogP contribution in [0.1, 0.15) is 12.0 Å². The highest BCUT2D eigenvalue weighted by atomic mass is 15.1. The first-order valence-corrected chi connectivity index (χ1v) is 21.6. The molecule has 63 heavy (non-hydrogen) atoms. The van der Waals surface area contributed by atoms with E-state index in [1.165, 1.54) is 44.5 Å². The Kier molecular flexibility index (Phi) is 11.3. The molecule has 0 bridgehead atoms. The molecule has 0 amide bonds. The maximum atomic E-state index is 2.34. The van der Waals surface area contributed by atoms with Crippen LogP contribution in [0.3, 0.4) is 0 Å². The first-order valence-electron chi connectivity index (χ1n) is 21.6. The largest absolute Gasteiger partial charge is 0.311 e. The monoisotopic (exact) mass is 806 g/mol. The summed E-state index contributed by atoms with van der Waals surface area (Å²) in [7, 11) is 0. The van der Waals surface area contributed by atoms with Gasteiger partial charge in [-0.2, -0.15) is 0 Å². The Bertz CT molecular complexity index is 2980. The third kappa shape index (κ3) is 8.70. The standard InChI is InChI=1S/C61H46N2/c1-2-7-15-46(14-6-1)49-22-24-50(25-23-49)53-30-42-60(43-31-53)63(59-38-28-52(29-39-59)48-18-10-4-11-19-48)61-44-34-55(35-45-61)54-32-40-58(41-33-54)62(56-20-12-5-13-21-56)57-36-26-51(27-37-57)47-16-8-3-9-17-47/h1-6,8-45H,7H2. The maximum Gasteiger partial charge on any atom is 0.0462 e. The van der Waals surface area contributed by atoms with Crippen LogP contribution in [0, 0.1) is 0 Å². The summed E-state index contributed by atoms with van der Waals surface area (Å²) in [6, 6.07) is 85.1. The lowest BCUT2D eigenvalue weighted by Gasteiger charge is -2.26. The second-order valence-electron chi connectivity index (χ2n) is 15.7. The number of para-hydroxylation sites is 1. The zero-order chi connectivity index (χ0) is 42.2. The molecule has 0 aliphatic heterocycles. The molecule has 0 atom stereocenters. The van der Waals surface area contributed by atoms with Crippen molar-refractivity contribution in [2.45, 2.75) is 6.42 Å². The number of hydrogen-bond donors (Lipinski definition) is 0. The van der Waals surface area contributed by atoms with Crippen LogP contribution in [0.5, 0.6) is 0 Å². The molecule has 0 unspecified atom stereocenters. The van der Waals surface area contributed by atoms with Gasteiger partial charge in [-0.05, 0) is 135 Å². The van der Waals surface area contributed by atoms with Crippen LogP contribution < -0.4 is 9.80 Å². The molecule has 0 spiro atoms. The van der Waals surface area contributed by atoms with Gasteiger partial charge in [0.1, 0.15) is 0 Å². The van der Waals surface area contributed by atoms with Crippen LogP contribution >= 0.6 is 0 Å². The summed E-state index contributed by atoms with van der Waals surface area (Å²) in [5, 5.41) is 0. The Labute approximate surface area is 371 Å². The number of hydrogen-bond acceptors (Lipinski definition) is 2. The predicted molar refractivity (Wildman–Crippen MR) is 268 cm³/mol. The Hall–Kier alpha value is -8.20. The van der Waals surface area contributed by atoms with Crippen molar-refractivity contribution in [2.75, 3.05) is 9.80 Å². The van der Waals surface area contributed by atoms with E-state index >= 15 is 0 Å². The lowest BCUT2D eigenvalue weighted by atomic mass is 9.99. The average molecular weight is 807 g/mol. The summed E-state index contributed by atoms with van der Waals surface area (Å²) in [5.74, 6) is 0. The first kappa shape index (κ1) is 39.0. The molecule has 0 heterocycles. The minimum absolute atomic E-state index is 0.951. The normalized spacial score (nSPS) is 12.0. The third-order valence-corrected chi connectivity index (χ3v) is 11.7. The highest BCUT2D eigenvalue weighted by Gasteiger charge is 2.16. The molecule has 0 saturated heterocycles. The van der Waals surface area contributed by atoms with Crippen molar-refractivity contribution in [3.8, 4) is 44.5 Å². The molecular formula is C61H46N2. The second-order valence-corrected chi connectivity index (χ2v) is 15.7. The van der Waals surface area contributed by atoms with Gasteiger partial charge in [0.15, 0.2) is 0 Å². The summed E-state index contributed by atoms with van der Waals surface area (Å²) >= 11 is 0. The van der Waals surface area contributed by atoms with E-state index in [9.17, 15) is 0 Å². The number of anilines is 6. The minimum atomic E-state index is 0.951. The van der Waals surface area contributed by atoms with Gasteiger partial charge in [-0.15, -0.1) is 0 Å². The summed E-state index contributed by atoms with van der Waals surface area (Å²) in [5.41, 5.74) is 18.6. The summed E-state index contributed by atoms with van der Waals surface area (Å²) in [4.78, 5) is 4.66. The van der Waals surface area contributed by atoms with Crippen LogP contribution in [0.15, 0.2) is 267 Å². The Morgan fingerprint density at radius 1 is 0.238 bits per heavy atom. The van der Waals surface area contributed by atoms with Crippen LogP contribution in [-0.2, 0) is 0 Å². The van der Waals surface area contributed by atoms with Crippen molar-refractivity contribution >= 4 is 39.7 Å². The van der Waals surface area contributed by atoms with Gasteiger partial charge in [-0.1, -0.05) is 194 Å². The molecule has 0 radical (unpaired) electrons. The molecule has 1 aliphatic carbocycles. The van der Waals surface area contributed by atoms with Crippen molar-refractivity contribution in [2.24, 2.45) is 0 Å². The highest BCUT2D eigenvalue weighted by Crippen LogP contribution is 2.40. The lowest BCUT2D eigenvalue weighted by Crippen LogP contribution is -2.10. The van der Waals surface area contributed by atoms with Gasteiger partial charge in [0.05, 0.1) is 0 Å². The summed E-state index contributed by atoms with van der Waals surface area (Å²) in [6.07, 6.45) is 11.8. The van der Waals surface area contributed by atoms with E-state index in [1.54, 1.807) is 0 Å². The van der Waals surface area contributed by atoms with Crippen molar-refractivity contribution in [1.82, 2.24) is 0 Å². The zero-order valence-corrected chi connectivity index (χ0v) is 35.0. The zero-order valence-electron chi connectivity index (χ0n) is 35.0. The number of rotatable bonds is 11. The maximum absolute atomic E-state index is 2.34. The van der Waals surface area contributed by atoms with Crippen LogP contribution in [-0.4, -0.2) is 0 Å². The van der Waals surface area contributed by atoms with Gasteiger partial charge in [0, 0.05) is 34.1 Å². The van der Waals surface area contributed by atoms with E-state index in [-0.39, 0.29) is 0 Å². The number of benzene rings is 9. The van der Waals surface area contributed by atoms with E-state index in [4.69, 9.17) is 0 Å². The molecule has 0 N–H and O–H groups in total. The molecule has 1 aliphatic rings. The molecule has 10 rings (SSSR count). The van der Waals surface area contributed by atoms with E-state index in [0.717, 1.165) is 51.7 Å². The second kappa shape index (κ2) is 18.2. The van der Waals surface area contributed by atoms with Crippen LogP contribution in [0.25, 0.3) is 50.1 Å². The molecule has 0 saturated carbocycles. The van der Waals surface area contributed by atoms with Crippen molar-refractivity contribution in [3.05, 3.63) is 273 Å². The van der Waals surface area contributed by atoms with Crippen LogP contribution in [0.4, 0.5) is 34.1 Å². The molecule has 2 heteroatoms. The third-order valence-electron chi connectivity index (χ3n) is 11.7. The first-order chi connectivity index (χ1) is 31.2. The molecule has 0 aromatic heterocycles. The SMILES string of the molecule is C1=CCC=C(c2ccc(-c3ccc(N(c4ccc(-c5ccccc5)cc4)c4ccc(-c5ccc(N(c6ccccc6)c6ccc(-c7ccccc7)cc6)cc5)cc4)cc3)cc2)C=C1. The molecule has 9 aromatic rings. The fourth-order valence-electron chi connectivity index (χ4n) is 8.40. The Morgan fingerprint density at radius 3 is 0.857 bits per heavy atom. The van der Waals surface area contributed by atoms with Gasteiger partial charge in [0.2, 0.25) is 0 Å². The molecule has 2 nitrogen and oxygen atoms in total. The topological polar surface area (TPSA) is 6.48 Å². The summed E-state index contributed by atoms with van der Waals surface area (Å²) in [6.45, 7) is 0. The van der Waals surface area contributed by atoms with E-state index < -0.39 is 0 Å². The van der Waals surface area contributed by atoms with Gasteiger partial charge in [-0.3, -0.25) is 0 Å². The van der Waals surface area contributed by atoms with Crippen molar-refractivity contribution in [1.29, 1.82) is 0 Å². The molecular weight excluding hydrogens is 761 g/mol. The van der Waals surface area contributed by atoms with Gasteiger partial charge in [-0.25, -0.2) is 0 Å². The van der Waals surface area contributed by atoms with Gasteiger partial charge < -0.3 is 9.80 Å². The predicted octanol–water partition coefficient (Wildman–Crippen LogP) is 17.2. The molecule has 0 fully saturated rings. The van der Waals surface area contributed by atoms with Gasteiger partial charge >= 0.3 is 0 Å². The smallest absolute Gasteiger partial charge is 0.0462 e. The fourth-order valence-corrected chi connectivity index (χ4v) is 8.40. The van der Waals surface area contributed by atoms with E-state index in [0.29, 0.717) is 0 Å². The van der Waals surface area contributed by atoms with Gasteiger partial charge in [0.25, 0.3) is 0 Å². The van der Waals surface area contributed by atoms with E-state index in [1.807, 2.05) is 0 Å². The quantitative estimate of drug-likeness (QED) is 0.128. The molecule has 9 aromatic carbocycles. The fraction of sp³-hybridized carbons (Fsp3) is 0.0164. The van der Waals surface area contributed by atoms with Crippen molar-refractivity contribution < 1.29 is 0 Å². The summed E-state index contributed by atoms with van der Waals surface area (Å²) < 4.78 is 0.